The SMILES string of the molecule is CC(C)(C)c1ccc(-c2ccnc(-n3c4ccccc4c4ccc(Sc5cc(N6C=CN(c7cc(C(C)(C)C)cc(C(C)(C)C)c7)C6)cc(C(C)(C)C)c5)cc43)c2)cc1. The number of anilines is 2. The van der Waals surface area contributed by atoms with Gasteiger partial charge in [0.25, 0.3) is 0 Å². The van der Waals surface area contributed by atoms with Crippen LogP contribution in [0.4, 0.5) is 11.4 Å². The van der Waals surface area contributed by atoms with Crippen molar-refractivity contribution in [2.45, 2.75) is 115 Å². The van der Waals surface area contributed by atoms with Gasteiger partial charge >= 0.3 is 0 Å². The van der Waals surface area contributed by atoms with Gasteiger partial charge in [-0.3, -0.25) is 4.57 Å². The summed E-state index contributed by atoms with van der Waals surface area (Å²) >= 11 is 1.83. The number of rotatable bonds is 6. The van der Waals surface area contributed by atoms with E-state index < -0.39 is 0 Å². The average Bonchev–Trinajstić information content (AvgIpc) is 3.80. The Labute approximate surface area is 357 Å². The fraction of sp³-hybridized carbons (Fsp3) is 0.315. The van der Waals surface area contributed by atoms with Crippen molar-refractivity contribution in [3.05, 3.63) is 156 Å². The first-order chi connectivity index (χ1) is 27.7. The highest BCUT2D eigenvalue weighted by atomic mass is 32.2. The van der Waals surface area contributed by atoms with E-state index >= 15 is 0 Å². The molecule has 0 fully saturated rings. The smallest absolute Gasteiger partial charge is 0.138 e. The Kier molecular flexibility index (Phi) is 10.1. The van der Waals surface area contributed by atoms with Crippen LogP contribution in [0.3, 0.4) is 0 Å². The molecule has 2 aromatic heterocycles. The molecule has 7 aromatic rings. The molecule has 0 saturated carbocycles. The number of fused-ring (bicyclic) bond motifs is 3. The highest BCUT2D eigenvalue weighted by molar-refractivity contribution is 7.99. The van der Waals surface area contributed by atoms with Crippen LogP contribution in [0, 0.1) is 0 Å². The molecular formula is C54H60N4S. The molecule has 0 atom stereocenters. The molecule has 3 heterocycles. The van der Waals surface area contributed by atoms with Crippen molar-refractivity contribution in [1.82, 2.24) is 9.55 Å². The fourth-order valence-electron chi connectivity index (χ4n) is 7.92. The molecule has 4 nitrogen and oxygen atoms in total. The number of para-hydroxylation sites is 1. The van der Waals surface area contributed by atoms with Gasteiger partial charge in [-0.2, -0.15) is 0 Å². The van der Waals surface area contributed by atoms with Gasteiger partial charge in [-0.25, -0.2) is 4.98 Å². The fourth-order valence-corrected chi connectivity index (χ4v) is 8.86. The van der Waals surface area contributed by atoms with E-state index in [0.29, 0.717) is 0 Å². The lowest BCUT2D eigenvalue weighted by Crippen LogP contribution is -2.26. The number of hydrogen-bond donors (Lipinski definition) is 0. The first-order valence-corrected chi connectivity index (χ1v) is 21.9. The van der Waals surface area contributed by atoms with Crippen LogP contribution in [0.15, 0.2) is 144 Å². The lowest BCUT2D eigenvalue weighted by atomic mass is 9.80. The van der Waals surface area contributed by atoms with E-state index in [9.17, 15) is 0 Å². The van der Waals surface area contributed by atoms with Gasteiger partial charge in [0.15, 0.2) is 0 Å². The van der Waals surface area contributed by atoms with Gasteiger partial charge in [0.2, 0.25) is 0 Å². The standard InChI is InChI=1S/C54H60N4S/c1-51(2,3)38-19-17-36(18-20-38)37-23-24-55-50(27-37)58-48-16-14-13-15-46(48)47-22-21-44(34-49(47)58)59-45-32-41(54(10,11)12)31-43(33-45)57-26-25-56(35-57)42-29-39(52(4,5)6)28-40(30-42)53(7,8)9/h13-34H,35H2,1-12H3. The van der Waals surface area contributed by atoms with Crippen molar-refractivity contribution in [3.8, 4) is 16.9 Å². The topological polar surface area (TPSA) is 24.3 Å². The van der Waals surface area contributed by atoms with Crippen LogP contribution in [-0.4, -0.2) is 16.2 Å². The third-order valence-corrected chi connectivity index (χ3v) is 12.7. The monoisotopic (exact) mass is 796 g/mol. The summed E-state index contributed by atoms with van der Waals surface area (Å²) in [6.45, 7) is 28.3. The van der Waals surface area contributed by atoms with Crippen molar-refractivity contribution in [1.29, 1.82) is 0 Å². The van der Waals surface area contributed by atoms with Gasteiger partial charge in [-0.05, 0) is 116 Å². The Balaban J connectivity index is 1.14. The number of hydrogen-bond acceptors (Lipinski definition) is 4. The number of pyridine rings is 1. The maximum atomic E-state index is 4.97. The van der Waals surface area contributed by atoms with E-state index in [0.717, 1.165) is 29.1 Å². The van der Waals surface area contributed by atoms with Gasteiger partial charge < -0.3 is 9.80 Å². The van der Waals surface area contributed by atoms with Gasteiger partial charge in [-0.1, -0.05) is 149 Å². The molecule has 302 valence electrons. The van der Waals surface area contributed by atoms with E-state index in [-0.39, 0.29) is 21.7 Å². The third kappa shape index (κ3) is 8.32. The van der Waals surface area contributed by atoms with Gasteiger partial charge in [0, 0.05) is 50.5 Å². The van der Waals surface area contributed by atoms with Gasteiger partial charge in [0.1, 0.15) is 5.82 Å². The van der Waals surface area contributed by atoms with Crippen LogP contribution >= 0.6 is 11.8 Å². The summed E-state index contributed by atoms with van der Waals surface area (Å²) < 4.78 is 2.34. The lowest BCUT2D eigenvalue weighted by molar-refractivity contribution is 0.568. The molecule has 1 aliphatic heterocycles. The largest absolute Gasteiger partial charge is 0.328 e. The zero-order valence-corrected chi connectivity index (χ0v) is 37.9. The lowest BCUT2D eigenvalue weighted by Gasteiger charge is -2.29. The molecule has 0 N–H and O–H groups in total. The van der Waals surface area contributed by atoms with Crippen LogP contribution in [0.2, 0.25) is 0 Å². The Hall–Kier alpha value is -5.26. The Morgan fingerprint density at radius 2 is 1.02 bits per heavy atom. The van der Waals surface area contributed by atoms with Crippen LogP contribution in [0.25, 0.3) is 38.8 Å². The summed E-state index contributed by atoms with van der Waals surface area (Å²) in [7, 11) is 0. The van der Waals surface area contributed by atoms with Crippen molar-refractivity contribution < 1.29 is 0 Å². The molecule has 1 aliphatic rings. The molecule has 0 unspecified atom stereocenters. The van der Waals surface area contributed by atoms with Crippen molar-refractivity contribution >= 4 is 44.9 Å². The minimum absolute atomic E-state index is 0.0166. The molecule has 0 amide bonds. The molecule has 59 heavy (non-hydrogen) atoms. The first-order valence-electron chi connectivity index (χ1n) is 21.0. The summed E-state index contributed by atoms with van der Waals surface area (Å²) in [5, 5.41) is 2.45. The molecular weight excluding hydrogens is 737 g/mol. The van der Waals surface area contributed by atoms with Crippen molar-refractivity contribution in [2.75, 3.05) is 16.5 Å². The number of nitrogens with zero attached hydrogens (tertiary/aromatic N) is 4. The zero-order chi connectivity index (χ0) is 42.1. The first kappa shape index (κ1) is 40.5. The molecule has 0 saturated heterocycles. The van der Waals surface area contributed by atoms with E-state index in [4.69, 9.17) is 4.98 Å². The second kappa shape index (κ2) is 14.8. The molecule has 5 heteroatoms. The summed E-state index contributed by atoms with van der Waals surface area (Å²) in [6.07, 6.45) is 6.42. The quantitative estimate of drug-likeness (QED) is 0.167. The normalized spacial score (nSPS) is 14.0. The molecule has 0 aliphatic carbocycles. The second-order valence-corrected chi connectivity index (χ2v) is 21.6. The Morgan fingerprint density at radius 1 is 0.458 bits per heavy atom. The van der Waals surface area contributed by atoms with Crippen LogP contribution in [0.1, 0.15) is 105 Å². The zero-order valence-electron chi connectivity index (χ0n) is 37.1. The predicted octanol–water partition coefficient (Wildman–Crippen LogP) is 14.9. The maximum absolute atomic E-state index is 4.97. The third-order valence-electron chi connectivity index (χ3n) is 11.7. The average molecular weight is 797 g/mol. The maximum Gasteiger partial charge on any atom is 0.138 e. The predicted molar refractivity (Wildman–Crippen MR) is 255 cm³/mol. The number of aromatic nitrogens is 2. The van der Waals surface area contributed by atoms with E-state index in [2.05, 4.69) is 225 Å². The van der Waals surface area contributed by atoms with Crippen LogP contribution in [0.5, 0.6) is 0 Å². The van der Waals surface area contributed by atoms with Crippen LogP contribution < -0.4 is 9.80 Å². The minimum Gasteiger partial charge on any atom is -0.328 e. The van der Waals surface area contributed by atoms with Crippen molar-refractivity contribution in [3.63, 3.8) is 0 Å². The van der Waals surface area contributed by atoms with Gasteiger partial charge in [0.05, 0.1) is 17.7 Å². The van der Waals surface area contributed by atoms with E-state index in [1.165, 1.54) is 59.8 Å². The highest BCUT2D eigenvalue weighted by Crippen LogP contribution is 2.41. The number of benzene rings is 5. The summed E-state index contributed by atoms with van der Waals surface area (Å²) in [6, 6.07) is 43.2. The summed E-state index contributed by atoms with van der Waals surface area (Å²) in [4.78, 5) is 12.2. The molecule has 0 spiro atoms. The Bertz CT molecular complexity index is 2670. The molecule has 0 bridgehead atoms. The minimum atomic E-state index is -0.0166. The molecule has 5 aromatic carbocycles. The van der Waals surface area contributed by atoms with Crippen LogP contribution in [-0.2, 0) is 21.7 Å². The van der Waals surface area contributed by atoms with Gasteiger partial charge in [-0.15, -0.1) is 0 Å². The summed E-state index contributed by atoms with van der Waals surface area (Å²) in [5.41, 5.74) is 12.7. The second-order valence-electron chi connectivity index (χ2n) is 20.5. The highest BCUT2D eigenvalue weighted by Gasteiger charge is 2.25. The molecule has 8 rings (SSSR count). The van der Waals surface area contributed by atoms with Crippen molar-refractivity contribution in [2.24, 2.45) is 0 Å². The van der Waals surface area contributed by atoms with E-state index in [1.54, 1.807) is 0 Å². The summed E-state index contributed by atoms with van der Waals surface area (Å²) in [5.74, 6) is 0.917. The van der Waals surface area contributed by atoms with E-state index in [1.807, 2.05) is 18.0 Å². The Morgan fingerprint density at radius 3 is 1.63 bits per heavy atom. The molecule has 0 radical (unpaired) electrons.